The lowest BCUT2D eigenvalue weighted by Gasteiger charge is -2.26. The Labute approximate surface area is 134 Å². The lowest BCUT2D eigenvalue weighted by Crippen LogP contribution is -2.46. The number of nitrogens with one attached hydrogen (secondary N) is 1. The number of hydrogen-bond acceptors (Lipinski definition) is 5. The third kappa shape index (κ3) is 3.94. The highest BCUT2D eigenvalue weighted by Crippen LogP contribution is 2.17. The van der Waals surface area contributed by atoms with Gasteiger partial charge in [0.1, 0.15) is 12.7 Å². The van der Waals surface area contributed by atoms with Crippen LogP contribution in [0.1, 0.15) is 18.4 Å². The summed E-state index contributed by atoms with van der Waals surface area (Å²) in [6.07, 6.45) is 4.81. The van der Waals surface area contributed by atoms with Gasteiger partial charge in [-0.15, -0.1) is 0 Å². The quantitative estimate of drug-likeness (QED) is 0.844. The van der Waals surface area contributed by atoms with Crippen molar-refractivity contribution in [3.63, 3.8) is 0 Å². The molecule has 0 saturated carbocycles. The van der Waals surface area contributed by atoms with Crippen LogP contribution in [-0.4, -0.2) is 39.9 Å². The third-order valence-electron chi connectivity index (χ3n) is 4.14. The van der Waals surface area contributed by atoms with Gasteiger partial charge in [-0.2, -0.15) is 5.10 Å². The number of nitrogens with two attached hydrogens (primary N) is 1. The molecule has 1 aliphatic rings. The predicted molar refractivity (Wildman–Crippen MR) is 84.7 cm³/mol. The Bertz CT molecular complexity index is 638. The van der Waals surface area contributed by atoms with Gasteiger partial charge in [0.05, 0.1) is 11.7 Å². The fourth-order valence-corrected chi connectivity index (χ4v) is 2.75. The van der Waals surface area contributed by atoms with Crippen molar-refractivity contribution in [1.82, 2.24) is 20.1 Å². The highest BCUT2D eigenvalue weighted by atomic mass is 16.5. The first-order valence-electron chi connectivity index (χ1n) is 7.79. The summed E-state index contributed by atoms with van der Waals surface area (Å²) in [5, 5.41) is 7.02. The monoisotopic (exact) mass is 315 g/mol. The topological polar surface area (TPSA) is 95.1 Å². The molecule has 0 bridgehead atoms. The van der Waals surface area contributed by atoms with Crippen molar-refractivity contribution in [1.29, 1.82) is 0 Å². The van der Waals surface area contributed by atoms with E-state index >= 15 is 0 Å². The summed E-state index contributed by atoms with van der Waals surface area (Å²) in [5.74, 6) is 0.0910. The Morgan fingerprint density at radius 2 is 2.26 bits per heavy atom. The van der Waals surface area contributed by atoms with Gasteiger partial charge in [0.15, 0.2) is 0 Å². The van der Waals surface area contributed by atoms with Crippen molar-refractivity contribution < 1.29 is 9.53 Å². The first-order chi connectivity index (χ1) is 11.2. The number of benzene rings is 1. The van der Waals surface area contributed by atoms with Gasteiger partial charge < -0.3 is 15.8 Å². The van der Waals surface area contributed by atoms with Gasteiger partial charge in [0.2, 0.25) is 5.91 Å². The summed E-state index contributed by atoms with van der Waals surface area (Å²) < 4.78 is 6.99. The van der Waals surface area contributed by atoms with Gasteiger partial charge in [-0.3, -0.25) is 4.79 Å². The SMILES string of the molecule is NC(C(=O)NCc1cccc(-n2cncn2)c1)C1CCOCC1. The largest absolute Gasteiger partial charge is 0.381 e. The van der Waals surface area contributed by atoms with Gasteiger partial charge in [0, 0.05) is 19.8 Å². The van der Waals surface area contributed by atoms with Crippen molar-refractivity contribution in [3.05, 3.63) is 42.5 Å². The molecule has 3 N–H and O–H groups in total. The van der Waals surface area contributed by atoms with Crippen LogP contribution in [0, 0.1) is 5.92 Å². The molecule has 1 amide bonds. The highest BCUT2D eigenvalue weighted by Gasteiger charge is 2.26. The smallest absolute Gasteiger partial charge is 0.237 e. The average molecular weight is 315 g/mol. The number of ether oxygens (including phenoxy) is 1. The molecule has 0 aliphatic carbocycles. The minimum Gasteiger partial charge on any atom is -0.381 e. The van der Waals surface area contributed by atoms with Crippen molar-refractivity contribution >= 4 is 5.91 Å². The molecule has 7 heteroatoms. The minimum absolute atomic E-state index is 0.108. The lowest BCUT2D eigenvalue weighted by molar-refractivity contribution is -0.124. The average Bonchev–Trinajstić information content (AvgIpc) is 3.15. The van der Waals surface area contributed by atoms with E-state index in [0.29, 0.717) is 19.8 Å². The lowest BCUT2D eigenvalue weighted by atomic mass is 9.92. The Morgan fingerprint density at radius 3 is 3.00 bits per heavy atom. The number of aromatic nitrogens is 3. The van der Waals surface area contributed by atoms with Crippen LogP contribution < -0.4 is 11.1 Å². The van der Waals surface area contributed by atoms with Crippen LogP contribution in [0.15, 0.2) is 36.9 Å². The van der Waals surface area contributed by atoms with E-state index in [1.165, 1.54) is 6.33 Å². The zero-order chi connectivity index (χ0) is 16.1. The Hall–Kier alpha value is -2.25. The maximum Gasteiger partial charge on any atom is 0.237 e. The second-order valence-corrected chi connectivity index (χ2v) is 5.70. The number of amides is 1. The van der Waals surface area contributed by atoms with E-state index in [9.17, 15) is 4.79 Å². The van der Waals surface area contributed by atoms with E-state index in [2.05, 4.69) is 15.4 Å². The second-order valence-electron chi connectivity index (χ2n) is 5.70. The molecule has 1 unspecified atom stereocenters. The molecule has 1 aromatic carbocycles. The summed E-state index contributed by atoms with van der Waals surface area (Å²) in [6, 6.07) is 7.32. The molecule has 1 fully saturated rings. The molecule has 2 heterocycles. The first kappa shape index (κ1) is 15.6. The molecule has 0 radical (unpaired) electrons. The second kappa shape index (κ2) is 7.34. The fraction of sp³-hybridized carbons (Fsp3) is 0.438. The van der Waals surface area contributed by atoms with Gasteiger partial charge in [-0.05, 0) is 36.5 Å². The van der Waals surface area contributed by atoms with Crippen LogP contribution in [0.4, 0.5) is 0 Å². The molecule has 1 aliphatic heterocycles. The number of carbonyl (C=O) groups excluding carboxylic acids is 1. The standard InChI is InChI=1S/C16H21N5O2/c17-15(13-4-6-23-7-5-13)16(22)19-9-12-2-1-3-14(8-12)21-11-18-10-20-21/h1-3,8,10-11,13,15H,4-7,9,17H2,(H,19,22). The molecule has 2 aromatic rings. The Kier molecular flexibility index (Phi) is 4.99. The van der Waals surface area contributed by atoms with Crippen molar-refractivity contribution in [2.45, 2.75) is 25.4 Å². The molecule has 1 saturated heterocycles. The number of carbonyl (C=O) groups is 1. The van der Waals surface area contributed by atoms with Crippen molar-refractivity contribution in [3.8, 4) is 5.69 Å². The summed E-state index contributed by atoms with van der Waals surface area (Å²) in [6.45, 7) is 1.81. The normalized spacial score (nSPS) is 16.9. The Morgan fingerprint density at radius 1 is 1.43 bits per heavy atom. The molecule has 7 nitrogen and oxygen atoms in total. The van der Waals surface area contributed by atoms with Crippen LogP contribution in [0.5, 0.6) is 0 Å². The minimum atomic E-state index is -0.475. The number of nitrogens with zero attached hydrogens (tertiary/aromatic N) is 3. The molecule has 23 heavy (non-hydrogen) atoms. The third-order valence-corrected chi connectivity index (χ3v) is 4.14. The molecule has 3 rings (SSSR count). The molecule has 122 valence electrons. The van der Waals surface area contributed by atoms with Gasteiger partial charge in [-0.1, -0.05) is 12.1 Å². The molecule has 1 atom stereocenters. The number of rotatable bonds is 5. The zero-order valence-electron chi connectivity index (χ0n) is 12.9. The van der Waals surface area contributed by atoms with E-state index < -0.39 is 6.04 Å². The van der Waals surface area contributed by atoms with E-state index in [1.54, 1.807) is 11.0 Å². The van der Waals surface area contributed by atoms with Crippen LogP contribution in [0.2, 0.25) is 0 Å². The predicted octanol–water partition coefficient (Wildman–Crippen LogP) is 0.637. The van der Waals surface area contributed by atoms with E-state index in [-0.39, 0.29) is 11.8 Å². The van der Waals surface area contributed by atoms with Crippen LogP contribution in [-0.2, 0) is 16.1 Å². The van der Waals surface area contributed by atoms with Crippen molar-refractivity contribution in [2.24, 2.45) is 11.7 Å². The number of hydrogen-bond donors (Lipinski definition) is 2. The summed E-state index contributed by atoms with van der Waals surface area (Å²) in [4.78, 5) is 16.2. The van der Waals surface area contributed by atoms with E-state index in [1.807, 2.05) is 24.3 Å². The van der Waals surface area contributed by atoms with Gasteiger partial charge >= 0.3 is 0 Å². The van der Waals surface area contributed by atoms with Crippen molar-refractivity contribution in [2.75, 3.05) is 13.2 Å². The van der Waals surface area contributed by atoms with E-state index in [4.69, 9.17) is 10.5 Å². The summed E-state index contributed by atoms with van der Waals surface area (Å²) in [7, 11) is 0. The maximum absolute atomic E-state index is 12.2. The highest BCUT2D eigenvalue weighted by molar-refractivity contribution is 5.81. The van der Waals surface area contributed by atoms with Gasteiger partial charge in [-0.25, -0.2) is 9.67 Å². The fourth-order valence-electron chi connectivity index (χ4n) is 2.75. The van der Waals surface area contributed by atoms with Crippen LogP contribution in [0.3, 0.4) is 0 Å². The Balaban J connectivity index is 1.57. The maximum atomic E-state index is 12.2. The molecule has 1 aromatic heterocycles. The first-order valence-corrected chi connectivity index (χ1v) is 7.79. The van der Waals surface area contributed by atoms with E-state index in [0.717, 1.165) is 24.1 Å². The van der Waals surface area contributed by atoms with Gasteiger partial charge in [0.25, 0.3) is 0 Å². The molecule has 0 spiro atoms. The molecular formula is C16H21N5O2. The van der Waals surface area contributed by atoms with Crippen LogP contribution >= 0.6 is 0 Å². The van der Waals surface area contributed by atoms with Crippen LogP contribution in [0.25, 0.3) is 5.69 Å². The molecular weight excluding hydrogens is 294 g/mol. The zero-order valence-corrected chi connectivity index (χ0v) is 12.9. The summed E-state index contributed by atoms with van der Waals surface area (Å²) >= 11 is 0. The summed E-state index contributed by atoms with van der Waals surface area (Å²) in [5.41, 5.74) is 7.97.